The second kappa shape index (κ2) is 21.6. The summed E-state index contributed by atoms with van der Waals surface area (Å²) in [6.45, 7) is 1.64. The number of aromatic nitrogens is 4. The molecule has 2 saturated carbocycles. The topological polar surface area (TPSA) is 198 Å². The van der Waals surface area contributed by atoms with Gasteiger partial charge in [0.25, 0.3) is 22.9 Å². The Bertz CT molecular complexity index is 2720. The normalized spacial score (nSPS) is 13.0. The van der Waals surface area contributed by atoms with Crippen LogP contribution in [0, 0.1) is 11.8 Å². The van der Waals surface area contributed by atoms with Gasteiger partial charge in [0.1, 0.15) is 35.5 Å². The van der Waals surface area contributed by atoms with Gasteiger partial charge in [0, 0.05) is 59.9 Å². The standard InChI is InChI=1S/C23H23ClN4O3.C18H14ClN3O4.C5H11N/c1-27(13-16-4-5-16)20(29)14-28-21-17(3-2-10-25-21)11-19(23(28)31)22(30)26-12-15-6-8-18(24)9-7-15;19-13-5-3-11(4-6-13)9-21-17(25)14-8-12-2-1-7-20-16(12)22(18(14)26)10-15(23)24;1-6-4-5-2-3-5/h2-3,6-11,16H,4-5,12-14H2,1H3,(H,26,30);1-8H,9-10H2,(H,21,25)(H,23,24);5-6H,2-4H2,1H3. The molecule has 17 heteroatoms. The number of nitrogens with zero attached hydrogens (tertiary/aromatic N) is 5. The lowest BCUT2D eigenvalue weighted by molar-refractivity contribution is -0.137. The maximum absolute atomic E-state index is 13.1. The summed E-state index contributed by atoms with van der Waals surface area (Å²) in [5.74, 6) is -0.883. The number of pyridine rings is 4. The second-order valence-electron chi connectivity index (χ2n) is 15.5. The van der Waals surface area contributed by atoms with Crippen LogP contribution in [0.3, 0.4) is 0 Å². The fraction of sp³-hybridized carbons (Fsp3) is 0.304. The number of hydrogen-bond acceptors (Lipinski definition) is 9. The maximum Gasteiger partial charge on any atom is 0.323 e. The lowest BCUT2D eigenvalue weighted by Crippen LogP contribution is -2.38. The molecule has 3 amide bonds. The first kappa shape index (κ1) is 46.1. The average molecular weight is 896 g/mol. The molecule has 8 rings (SSSR count). The summed E-state index contributed by atoms with van der Waals surface area (Å²) >= 11 is 11.7. The van der Waals surface area contributed by atoms with Crippen molar-refractivity contribution < 1.29 is 24.3 Å². The van der Waals surface area contributed by atoms with E-state index in [9.17, 15) is 28.8 Å². The number of carboxylic acid groups (broad SMARTS) is 1. The van der Waals surface area contributed by atoms with E-state index in [-0.39, 0.29) is 42.3 Å². The summed E-state index contributed by atoms with van der Waals surface area (Å²) in [7, 11) is 3.75. The Labute approximate surface area is 373 Å². The van der Waals surface area contributed by atoms with Gasteiger partial charge in [0.2, 0.25) is 5.91 Å². The maximum atomic E-state index is 13.1. The number of hydrogen-bond donors (Lipinski definition) is 4. The van der Waals surface area contributed by atoms with Crippen LogP contribution < -0.4 is 27.1 Å². The number of benzene rings is 2. The van der Waals surface area contributed by atoms with Gasteiger partial charge < -0.3 is 26.0 Å². The number of halogens is 2. The highest BCUT2D eigenvalue weighted by Gasteiger charge is 2.26. The van der Waals surface area contributed by atoms with Crippen LogP contribution in [0.25, 0.3) is 22.1 Å². The first-order valence-corrected chi connectivity index (χ1v) is 21.2. The van der Waals surface area contributed by atoms with E-state index >= 15 is 0 Å². The molecule has 63 heavy (non-hydrogen) atoms. The molecule has 0 atom stereocenters. The van der Waals surface area contributed by atoms with E-state index < -0.39 is 35.4 Å². The summed E-state index contributed by atoms with van der Waals surface area (Å²) in [5, 5.41) is 19.9. The summed E-state index contributed by atoms with van der Waals surface area (Å²) < 4.78 is 2.27. The molecule has 0 radical (unpaired) electrons. The SMILES string of the molecule is CN(CC1CC1)C(=O)Cn1c(=O)c(C(=O)NCc2ccc(Cl)cc2)cc2cccnc21.CNCC1CC1.O=C(O)Cn1c(=O)c(C(=O)NCc2ccc(Cl)cc2)cc2cccnc21. The van der Waals surface area contributed by atoms with Gasteiger partial charge in [-0.3, -0.25) is 37.9 Å². The number of carboxylic acids is 1. The summed E-state index contributed by atoms with van der Waals surface area (Å²) in [6, 6.07) is 23.8. The fourth-order valence-electron chi connectivity index (χ4n) is 6.58. The zero-order chi connectivity index (χ0) is 45.0. The molecule has 2 aromatic carbocycles. The molecule has 0 aliphatic heterocycles. The molecule has 6 aromatic rings. The number of aliphatic carboxylic acids is 1. The Morgan fingerprint density at radius 1 is 0.698 bits per heavy atom. The highest BCUT2D eigenvalue weighted by atomic mass is 35.5. The van der Waals surface area contributed by atoms with E-state index in [1.54, 1.807) is 90.9 Å². The van der Waals surface area contributed by atoms with Crippen molar-refractivity contribution in [3.63, 3.8) is 0 Å². The van der Waals surface area contributed by atoms with Crippen LogP contribution in [0.1, 0.15) is 57.5 Å². The predicted octanol–water partition coefficient (Wildman–Crippen LogP) is 5.53. The van der Waals surface area contributed by atoms with Crippen molar-refractivity contribution in [2.45, 2.75) is 51.9 Å². The molecule has 0 saturated heterocycles. The number of amides is 3. The van der Waals surface area contributed by atoms with Gasteiger partial charge in [-0.25, -0.2) is 9.97 Å². The molecule has 4 heterocycles. The highest BCUT2D eigenvalue weighted by molar-refractivity contribution is 6.30. The van der Waals surface area contributed by atoms with Gasteiger partial charge in [-0.2, -0.15) is 0 Å². The molecule has 2 aliphatic carbocycles. The van der Waals surface area contributed by atoms with Crippen molar-refractivity contribution in [2.24, 2.45) is 11.8 Å². The van der Waals surface area contributed by atoms with Crippen molar-refractivity contribution in [2.75, 3.05) is 27.2 Å². The lowest BCUT2D eigenvalue weighted by atomic mass is 10.1. The summed E-state index contributed by atoms with van der Waals surface area (Å²) in [4.78, 5) is 84.8. The van der Waals surface area contributed by atoms with Gasteiger partial charge >= 0.3 is 5.97 Å². The Hall–Kier alpha value is -6.42. The van der Waals surface area contributed by atoms with Crippen LogP contribution in [-0.2, 0) is 35.8 Å². The van der Waals surface area contributed by atoms with Crippen LogP contribution >= 0.6 is 23.2 Å². The van der Waals surface area contributed by atoms with E-state index in [4.69, 9.17) is 28.3 Å². The number of rotatable bonds is 14. The first-order chi connectivity index (χ1) is 30.3. The Kier molecular flexibility index (Phi) is 15.8. The van der Waals surface area contributed by atoms with Crippen molar-refractivity contribution in [1.82, 2.24) is 40.0 Å². The number of carbonyl (C=O) groups excluding carboxylic acids is 3. The summed E-state index contributed by atoms with van der Waals surface area (Å²) in [6.07, 6.45) is 8.20. The predicted molar refractivity (Wildman–Crippen MR) is 242 cm³/mol. The van der Waals surface area contributed by atoms with Gasteiger partial charge in [0.05, 0.1) is 0 Å². The molecule has 4 N–H and O–H groups in total. The Balaban J connectivity index is 0.000000187. The van der Waals surface area contributed by atoms with Crippen molar-refractivity contribution in [3.8, 4) is 0 Å². The van der Waals surface area contributed by atoms with Gasteiger partial charge in [-0.1, -0.05) is 47.5 Å². The molecule has 0 unspecified atom stereocenters. The molecule has 2 fully saturated rings. The van der Waals surface area contributed by atoms with E-state index in [2.05, 4.69) is 25.9 Å². The minimum atomic E-state index is -1.20. The second-order valence-corrected chi connectivity index (χ2v) is 16.3. The largest absolute Gasteiger partial charge is 0.480 e. The number of likely N-dealkylation sites (N-methyl/N-ethyl adjacent to an activating group) is 1. The van der Waals surface area contributed by atoms with E-state index in [0.29, 0.717) is 38.9 Å². The number of fused-ring (bicyclic) bond motifs is 2. The molecular weight excluding hydrogens is 847 g/mol. The number of nitrogens with one attached hydrogen (secondary N) is 3. The lowest BCUT2D eigenvalue weighted by Gasteiger charge is -2.18. The molecule has 0 bridgehead atoms. The van der Waals surface area contributed by atoms with Crippen LogP contribution in [0.2, 0.25) is 10.0 Å². The molecule has 2 aliphatic rings. The van der Waals surface area contributed by atoms with Crippen molar-refractivity contribution >= 4 is 69.0 Å². The van der Waals surface area contributed by atoms with E-state index in [1.807, 2.05) is 7.05 Å². The Morgan fingerprint density at radius 3 is 1.54 bits per heavy atom. The first-order valence-electron chi connectivity index (χ1n) is 20.4. The molecule has 4 aromatic heterocycles. The van der Waals surface area contributed by atoms with Crippen LogP contribution in [0.4, 0.5) is 0 Å². The average Bonchev–Trinajstić information content (AvgIpc) is 4.23. The summed E-state index contributed by atoms with van der Waals surface area (Å²) in [5.41, 5.74) is 0.880. The van der Waals surface area contributed by atoms with Crippen molar-refractivity contribution in [3.05, 3.63) is 150 Å². The molecule has 328 valence electrons. The third-order valence-electron chi connectivity index (χ3n) is 10.3. The van der Waals surface area contributed by atoms with Crippen LogP contribution in [0.15, 0.2) is 107 Å². The highest BCUT2D eigenvalue weighted by Crippen LogP contribution is 2.29. The number of carbonyl (C=O) groups is 4. The third kappa shape index (κ3) is 13.0. The van der Waals surface area contributed by atoms with Gasteiger partial charge in [-0.05, 0) is 123 Å². The minimum absolute atomic E-state index is 0.0212. The fourth-order valence-corrected chi connectivity index (χ4v) is 6.83. The van der Waals surface area contributed by atoms with Crippen LogP contribution in [-0.4, -0.2) is 80.0 Å². The molecular formula is C46H48Cl2N8O7. The monoisotopic (exact) mass is 894 g/mol. The molecule has 0 spiro atoms. The third-order valence-corrected chi connectivity index (χ3v) is 10.9. The van der Waals surface area contributed by atoms with Gasteiger partial charge in [-0.15, -0.1) is 0 Å². The van der Waals surface area contributed by atoms with Crippen LogP contribution in [0.5, 0.6) is 0 Å². The zero-order valence-corrected chi connectivity index (χ0v) is 36.4. The van der Waals surface area contributed by atoms with E-state index in [0.717, 1.165) is 34.5 Å². The smallest absolute Gasteiger partial charge is 0.323 e. The quantitative estimate of drug-likeness (QED) is 0.108. The van der Waals surface area contributed by atoms with Gasteiger partial charge in [0.15, 0.2) is 0 Å². The van der Waals surface area contributed by atoms with E-state index in [1.165, 1.54) is 42.3 Å². The Morgan fingerprint density at radius 2 is 1.14 bits per heavy atom. The molecule has 15 nitrogen and oxygen atoms in total. The van der Waals surface area contributed by atoms with Crippen molar-refractivity contribution in [1.29, 1.82) is 0 Å². The zero-order valence-electron chi connectivity index (χ0n) is 34.9. The minimum Gasteiger partial charge on any atom is -0.480 e.